The van der Waals surface area contributed by atoms with E-state index in [9.17, 15) is 0 Å². The Labute approximate surface area is 146 Å². The molecule has 4 rings (SSSR count). The fourth-order valence-corrected chi connectivity index (χ4v) is 3.15. The molecule has 130 valence electrons. The van der Waals surface area contributed by atoms with Gasteiger partial charge in [-0.25, -0.2) is 4.98 Å². The lowest BCUT2D eigenvalue weighted by atomic mass is 10.2. The van der Waals surface area contributed by atoms with Crippen LogP contribution in [0.5, 0.6) is 0 Å². The molecule has 0 saturated carbocycles. The molecule has 2 aromatic heterocycles. The number of rotatable bonds is 5. The summed E-state index contributed by atoms with van der Waals surface area (Å²) in [6.45, 7) is 5.74. The summed E-state index contributed by atoms with van der Waals surface area (Å²) < 4.78 is 5.40. The first-order valence-corrected chi connectivity index (χ1v) is 8.68. The Hall–Kier alpha value is -2.51. The van der Waals surface area contributed by atoms with Gasteiger partial charge in [0.05, 0.1) is 13.1 Å². The smallest absolute Gasteiger partial charge is 0.257 e. The molecule has 0 amide bonds. The molecule has 0 radical (unpaired) electrons. The van der Waals surface area contributed by atoms with Gasteiger partial charge in [0.25, 0.3) is 5.89 Å². The van der Waals surface area contributed by atoms with Crippen LogP contribution in [0.1, 0.15) is 18.1 Å². The number of hydrogen-bond donors (Lipinski definition) is 1. The molecule has 1 aliphatic heterocycles. The molecule has 1 fully saturated rings. The summed E-state index contributed by atoms with van der Waals surface area (Å²) in [5.74, 6) is 2.36. The lowest BCUT2D eigenvalue weighted by molar-refractivity contribution is 0.239. The lowest BCUT2D eigenvalue weighted by Gasteiger charge is -2.19. The predicted octanol–water partition coefficient (Wildman–Crippen LogP) is 2.17. The molecule has 1 saturated heterocycles. The van der Waals surface area contributed by atoms with Crippen molar-refractivity contribution in [3.63, 3.8) is 0 Å². The maximum Gasteiger partial charge on any atom is 0.257 e. The van der Waals surface area contributed by atoms with E-state index in [4.69, 9.17) is 4.52 Å². The standard InChI is InChI=1S/C18H22N6O/c1-2-5-15(6-3-1)18-21-17(22-25-18)14-24-10-4-9-23(11-12-24)13-16-19-7-8-20-16/h1-3,5-8H,4,9-14H2,(H,19,20). The van der Waals surface area contributed by atoms with Gasteiger partial charge in [-0.1, -0.05) is 23.4 Å². The van der Waals surface area contributed by atoms with Gasteiger partial charge >= 0.3 is 0 Å². The van der Waals surface area contributed by atoms with Crippen molar-refractivity contribution >= 4 is 0 Å². The molecule has 3 aromatic rings. The van der Waals surface area contributed by atoms with Crippen LogP contribution in [-0.4, -0.2) is 56.1 Å². The zero-order valence-electron chi connectivity index (χ0n) is 14.1. The quantitative estimate of drug-likeness (QED) is 0.768. The first kappa shape index (κ1) is 16.0. The number of imidazole rings is 1. The first-order valence-electron chi connectivity index (χ1n) is 8.68. The second-order valence-electron chi connectivity index (χ2n) is 6.32. The van der Waals surface area contributed by atoms with Crippen LogP contribution in [0.3, 0.4) is 0 Å². The van der Waals surface area contributed by atoms with Gasteiger partial charge in [-0.15, -0.1) is 0 Å². The van der Waals surface area contributed by atoms with Crippen molar-refractivity contribution < 1.29 is 4.52 Å². The van der Waals surface area contributed by atoms with Gasteiger partial charge in [-0.2, -0.15) is 4.98 Å². The Balaban J connectivity index is 1.33. The first-order chi connectivity index (χ1) is 12.4. The van der Waals surface area contributed by atoms with E-state index in [1.54, 1.807) is 6.20 Å². The molecule has 1 N–H and O–H groups in total. The fourth-order valence-electron chi connectivity index (χ4n) is 3.15. The van der Waals surface area contributed by atoms with Crippen molar-refractivity contribution in [3.05, 3.63) is 54.4 Å². The second-order valence-corrected chi connectivity index (χ2v) is 6.32. The summed E-state index contributed by atoms with van der Waals surface area (Å²) in [5, 5.41) is 4.14. The van der Waals surface area contributed by atoms with Crippen LogP contribution >= 0.6 is 0 Å². The van der Waals surface area contributed by atoms with Crippen molar-refractivity contribution in [1.82, 2.24) is 29.9 Å². The van der Waals surface area contributed by atoms with Crippen LogP contribution in [0.25, 0.3) is 11.5 Å². The van der Waals surface area contributed by atoms with E-state index in [0.717, 1.165) is 62.9 Å². The number of benzene rings is 1. The van der Waals surface area contributed by atoms with Crippen molar-refractivity contribution in [2.75, 3.05) is 26.2 Å². The summed E-state index contributed by atoms with van der Waals surface area (Å²) in [6.07, 6.45) is 4.81. The average Bonchev–Trinajstić information content (AvgIpc) is 3.27. The Morgan fingerprint density at radius 1 is 1.00 bits per heavy atom. The van der Waals surface area contributed by atoms with Crippen molar-refractivity contribution in [2.24, 2.45) is 0 Å². The Morgan fingerprint density at radius 2 is 1.80 bits per heavy atom. The Kier molecular flexibility index (Phi) is 4.85. The molecule has 0 aliphatic carbocycles. The molecule has 0 bridgehead atoms. The second kappa shape index (κ2) is 7.58. The fraction of sp³-hybridized carbons (Fsp3) is 0.389. The maximum absolute atomic E-state index is 5.40. The number of aromatic amines is 1. The molecule has 3 heterocycles. The molecule has 0 atom stereocenters. The number of nitrogens with one attached hydrogen (secondary N) is 1. The van der Waals surface area contributed by atoms with Crippen molar-refractivity contribution in [3.8, 4) is 11.5 Å². The summed E-state index contributed by atoms with van der Waals surface area (Å²) >= 11 is 0. The summed E-state index contributed by atoms with van der Waals surface area (Å²) in [6, 6.07) is 9.89. The largest absolute Gasteiger partial charge is 0.348 e. The number of nitrogens with zero attached hydrogens (tertiary/aromatic N) is 5. The Bertz CT molecular complexity index is 770. The molecule has 7 nitrogen and oxygen atoms in total. The summed E-state index contributed by atoms with van der Waals surface area (Å²) in [4.78, 5) is 16.9. The molecule has 1 aromatic carbocycles. The van der Waals surface area contributed by atoms with Crippen LogP contribution in [0.15, 0.2) is 47.2 Å². The van der Waals surface area contributed by atoms with Gasteiger partial charge in [0.15, 0.2) is 5.82 Å². The molecular formula is C18H22N6O. The van der Waals surface area contributed by atoms with E-state index in [0.29, 0.717) is 5.89 Å². The molecule has 0 unspecified atom stereocenters. The van der Waals surface area contributed by atoms with E-state index >= 15 is 0 Å². The monoisotopic (exact) mass is 338 g/mol. The van der Waals surface area contributed by atoms with Crippen LogP contribution in [0.2, 0.25) is 0 Å². The highest BCUT2D eigenvalue weighted by Gasteiger charge is 2.18. The lowest BCUT2D eigenvalue weighted by Crippen LogP contribution is -2.30. The van der Waals surface area contributed by atoms with Crippen molar-refractivity contribution in [2.45, 2.75) is 19.5 Å². The number of hydrogen-bond acceptors (Lipinski definition) is 6. The Morgan fingerprint density at radius 3 is 2.56 bits per heavy atom. The third-order valence-electron chi connectivity index (χ3n) is 4.46. The predicted molar refractivity (Wildman–Crippen MR) is 93.5 cm³/mol. The van der Waals surface area contributed by atoms with Crippen LogP contribution in [-0.2, 0) is 13.1 Å². The normalized spacial score (nSPS) is 16.8. The van der Waals surface area contributed by atoms with Gasteiger partial charge in [0.1, 0.15) is 5.82 Å². The van der Waals surface area contributed by atoms with Gasteiger partial charge in [0.2, 0.25) is 0 Å². The topological polar surface area (TPSA) is 74.1 Å². The van der Waals surface area contributed by atoms with Gasteiger partial charge in [0, 0.05) is 31.0 Å². The summed E-state index contributed by atoms with van der Waals surface area (Å²) in [5.41, 5.74) is 0.960. The zero-order chi connectivity index (χ0) is 16.9. The van der Waals surface area contributed by atoms with Crippen molar-refractivity contribution in [1.29, 1.82) is 0 Å². The van der Waals surface area contributed by atoms with E-state index in [2.05, 4.69) is 29.9 Å². The minimum absolute atomic E-state index is 0.588. The minimum atomic E-state index is 0.588. The third kappa shape index (κ3) is 4.12. The highest BCUT2D eigenvalue weighted by atomic mass is 16.5. The van der Waals surface area contributed by atoms with Gasteiger partial charge in [-0.3, -0.25) is 9.80 Å². The molecule has 0 spiro atoms. The van der Waals surface area contributed by atoms with Gasteiger partial charge < -0.3 is 9.51 Å². The van der Waals surface area contributed by atoms with Gasteiger partial charge in [-0.05, 0) is 31.6 Å². The highest BCUT2D eigenvalue weighted by Crippen LogP contribution is 2.17. The molecule has 1 aliphatic rings. The average molecular weight is 338 g/mol. The SMILES string of the molecule is c1ccc(-c2nc(CN3CCCN(Cc4ncc[nH]4)CC3)no2)cc1. The minimum Gasteiger partial charge on any atom is -0.348 e. The van der Waals surface area contributed by atoms with Crippen LogP contribution in [0, 0.1) is 0 Å². The molecular weight excluding hydrogens is 316 g/mol. The maximum atomic E-state index is 5.40. The van der Waals surface area contributed by atoms with Crippen LogP contribution < -0.4 is 0 Å². The van der Waals surface area contributed by atoms with E-state index in [1.807, 2.05) is 36.5 Å². The summed E-state index contributed by atoms with van der Waals surface area (Å²) in [7, 11) is 0. The number of aromatic nitrogens is 4. The highest BCUT2D eigenvalue weighted by molar-refractivity contribution is 5.51. The molecule has 25 heavy (non-hydrogen) atoms. The zero-order valence-corrected chi connectivity index (χ0v) is 14.1. The molecule has 7 heteroatoms. The van der Waals surface area contributed by atoms with E-state index < -0.39 is 0 Å². The third-order valence-corrected chi connectivity index (χ3v) is 4.46. The van der Waals surface area contributed by atoms with Crippen LogP contribution in [0.4, 0.5) is 0 Å². The number of H-pyrrole nitrogens is 1. The van der Waals surface area contributed by atoms with E-state index in [1.165, 1.54) is 0 Å². The van der Waals surface area contributed by atoms with E-state index in [-0.39, 0.29) is 0 Å².